The quantitative estimate of drug-likeness (QED) is 0.312. The van der Waals surface area contributed by atoms with Crippen LogP contribution in [0, 0.1) is 0 Å². The molecule has 5 nitrogen and oxygen atoms in total. The standard InChI is InChI=1S/C6H10O.C3H8O4S.Na.H/c1-3-5-7-6-4-2;1-2-3(4)8(5,6)7;;/h3-4H,1-2,5-6H2;3-4H,2H2,1H3,(H,5,6,7);;. The fourth-order valence-electron chi connectivity index (χ4n) is 0.445. The Bertz CT molecular complexity index is 255. The SMILES string of the molecule is C=CCOCC=C.CCC(O)S(=O)(=O)O.[NaH]. The summed E-state index contributed by atoms with van der Waals surface area (Å²) in [7, 11) is -4.20. The van der Waals surface area contributed by atoms with E-state index in [1.165, 1.54) is 6.92 Å². The zero-order valence-electron chi connectivity index (χ0n) is 8.80. The van der Waals surface area contributed by atoms with Crippen LogP contribution < -0.4 is 0 Å². The molecule has 0 aliphatic rings. The molecular weight excluding hydrogens is 243 g/mol. The van der Waals surface area contributed by atoms with Crippen LogP contribution >= 0.6 is 0 Å². The molecule has 0 saturated carbocycles. The summed E-state index contributed by atoms with van der Waals surface area (Å²) in [6.45, 7) is 9.64. The van der Waals surface area contributed by atoms with Crippen molar-refractivity contribution in [3.63, 3.8) is 0 Å². The molecule has 0 radical (unpaired) electrons. The van der Waals surface area contributed by atoms with E-state index < -0.39 is 15.6 Å². The van der Waals surface area contributed by atoms with Crippen molar-refractivity contribution in [1.29, 1.82) is 0 Å². The summed E-state index contributed by atoms with van der Waals surface area (Å²) in [5, 5.41) is 8.36. The Morgan fingerprint density at radius 1 is 1.31 bits per heavy atom. The van der Waals surface area contributed by atoms with Gasteiger partial charge >= 0.3 is 29.6 Å². The number of ether oxygens (including phenoxy) is 1. The molecule has 0 heterocycles. The molecule has 0 aliphatic carbocycles. The molecular formula is C9H19NaO5S. The predicted octanol–water partition coefficient (Wildman–Crippen LogP) is 0.329. The van der Waals surface area contributed by atoms with Crippen LogP contribution in [0.15, 0.2) is 25.3 Å². The van der Waals surface area contributed by atoms with Crippen molar-refractivity contribution < 1.29 is 22.8 Å². The van der Waals surface area contributed by atoms with E-state index in [0.29, 0.717) is 13.2 Å². The fourth-order valence-corrected chi connectivity index (χ4v) is 0.867. The van der Waals surface area contributed by atoms with E-state index in [1.807, 2.05) is 0 Å². The molecule has 0 rings (SSSR count). The molecule has 0 aromatic heterocycles. The van der Waals surface area contributed by atoms with E-state index in [0.717, 1.165) is 0 Å². The van der Waals surface area contributed by atoms with Gasteiger partial charge in [0.25, 0.3) is 10.1 Å². The third-order valence-corrected chi connectivity index (χ3v) is 2.19. The zero-order chi connectivity index (χ0) is 12.3. The van der Waals surface area contributed by atoms with Gasteiger partial charge in [0.05, 0.1) is 13.2 Å². The first-order valence-electron chi connectivity index (χ1n) is 4.34. The normalized spacial score (nSPS) is 11.4. The topological polar surface area (TPSA) is 83.8 Å². The van der Waals surface area contributed by atoms with Crippen molar-refractivity contribution in [2.24, 2.45) is 0 Å². The third kappa shape index (κ3) is 16.7. The van der Waals surface area contributed by atoms with E-state index in [2.05, 4.69) is 13.2 Å². The molecule has 7 heteroatoms. The Hall–Kier alpha value is 0.310. The molecule has 0 saturated heterocycles. The van der Waals surface area contributed by atoms with Gasteiger partial charge in [-0.05, 0) is 6.42 Å². The molecule has 0 spiro atoms. The van der Waals surface area contributed by atoms with Gasteiger partial charge in [0.2, 0.25) is 0 Å². The van der Waals surface area contributed by atoms with Gasteiger partial charge in [-0.25, -0.2) is 0 Å². The summed E-state index contributed by atoms with van der Waals surface area (Å²) in [4.78, 5) is 0. The first-order valence-corrected chi connectivity index (χ1v) is 5.84. The van der Waals surface area contributed by atoms with E-state index in [-0.39, 0.29) is 36.0 Å². The second kappa shape index (κ2) is 13.4. The number of hydrogen-bond acceptors (Lipinski definition) is 4. The summed E-state index contributed by atoms with van der Waals surface area (Å²) in [6.07, 6.45) is 3.44. The minimum atomic E-state index is -4.20. The Balaban J connectivity index is -0.000000200. The molecule has 1 atom stereocenters. The second-order valence-corrected chi connectivity index (χ2v) is 4.07. The number of aliphatic hydroxyl groups excluding tert-OH is 1. The molecule has 0 fully saturated rings. The molecule has 16 heavy (non-hydrogen) atoms. The Morgan fingerprint density at radius 2 is 1.69 bits per heavy atom. The van der Waals surface area contributed by atoms with Crippen LogP contribution in [0.4, 0.5) is 0 Å². The van der Waals surface area contributed by atoms with Gasteiger partial charge in [-0.15, -0.1) is 13.2 Å². The maximum absolute atomic E-state index is 9.87. The molecule has 2 N–H and O–H groups in total. The van der Waals surface area contributed by atoms with Crippen molar-refractivity contribution in [3.05, 3.63) is 25.3 Å². The second-order valence-electron chi connectivity index (χ2n) is 2.49. The first kappa shape index (κ1) is 21.6. The van der Waals surface area contributed by atoms with Crippen LogP contribution in [0.3, 0.4) is 0 Å². The average molecular weight is 262 g/mol. The molecule has 92 valence electrons. The van der Waals surface area contributed by atoms with E-state index in [9.17, 15) is 8.42 Å². The van der Waals surface area contributed by atoms with E-state index >= 15 is 0 Å². The van der Waals surface area contributed by atoms with Gasteiger partial charge in [0.15, 0.2) is 5.44 Å². The van der Waals surface area contributed by atoms with E-state index in [4.69, 9.17) is 14.4 Å². The molecule has 0 aromatic carbocycles. The molecule has 1 unspecified atom stereocenters. The van der Waals surface area contributed by atoms with Crippen molar-refractivity contribution in [2.45, 2.75) is 18.8 Å². The molecule has 0 aliphatic heterocycles. The van der Waals surface area contributed by atoms with E-state index in [1.54, 1.807) is 12.2 Å². The van der Waals surface area contributed by atoms with Gasteiger partial charge in [0, 0.05) is 0 Å². The van der Waals surface area contributed by atoms with Crippen molar-refractivity contribution in [2.75, 3.05) is 13.2 Å². The number of aliphatic hydroxyl groups is 1. The minimum absolute atomic E-state index is 0. The van der Waals surface area contributed by atoms with Crippen LogP contribution in [0.2, 0.25) is 0 Å². The summed E-state index contributed by atoms with van der Waals surface area (Å²) in [5.74, 6) is 0. The fraction of sp³-hybridized carbons (Fsp3) is 0.556. The van der Waals surface area contributed by atoms with Crippen LogP contribution in [0.25, 0.3) is 0 Å². The molecule has 0 aromatic rings. The van der Waals surface area contributed by atoms with Crippen molar-refractivity contribution in [3.8, 4) is 0 Å². The number of rotatable bonds is 6. The Kier molecular flexibility index (Phi) is 18.0. The van der Waals surface area contributed by atoms with Gasteiger partial charge in [-0.3, -0.25) is 4.55 Å². The molecule has 0 amide bonds. The monoisotopic (exact) mass is 262 g/mol. The number of hydrogen-bond donors (Lipinski definition) is 2. The summed E-state index contributed by atoms with van der Waals surface area (Å²) in [6, 6.07) is 0. The summed E-state index contributed by atoms with van der Waals surface area (Å²) in [5.41, 5.74) is -1.62. The maximum atomic E-state index is 9.87. The van der Waals surface area contributed by atoms with Crippen LogP contribution in [0.1, 0.15) is 13.3 Å². The van der Waals surface area contributed by atoms with Crippen molar-refractivity contribution in [1.82, 2.24) is 0 Å². The summed E-state index contributed by atoms with van der Waals surface area (Å²) < 4.78 is 32.6. The van der Waals surface area contributed by atoms with Crippen LogP contribution in [-0.4, -0.2) is 66.3 Å². The van der Waals surface area contributed by atoms with Gasteiger partial charge in [0.1, 0.15) is 0 Å². The van der Waals surface area contributed by atoms with Crippen molar-refractivity contribution >= 4 is 39.7 Å². The zero-order valence-corrected chi connectivity index (χ0v) is 9.61. The van der Waals surface area contributed by atoms with Gasteiger partial charge < -0.3 is 9.84 Å². The van der Waals surface area contributed by atoms with Gasteiger partial charge in [-0.1, -0.05) is 19.1 Å². The van der Waals surface area contributed by atoms with Crippen LogP contribution in [0.5, 0.6) is 0 Å². The summed E-state index contributed by atoms with van der Waals surface area (Å²) >= 11 is 0. The average Bonchev–Trinajstić information content (AvgIpc) is 2.17. The third-order valence-electron chi connectivity index (χ3n) is 1.16. The Labute approximate surface area is 119 Å². The Morgan fingerprint density at radius 3 is 1.81 bits per heavy atom. The predicted molar refractivity (Wildman–Crippen MR) is 66.2 cm³/mol. The van der Waals surface area contributed by atoms with Crippen LogP contribution in [-0.2, 0) is 14.9 Å². The van der Waals surface area contributed by atoms with Gasteiger partial charge in [-0.2, -0.15) is 8.42 Å². The molecule has 0 bridgehead atoms. The first-order chi connectivity index (χ1) is 6.90.